The van der Waals surface area contributed by atoms with E-state index in [0.717, 1.165) is 57.0 Å². The Kier molecular flexibility index (Phi) is 5.54. The Morgan fingerprint density at radius 1 is 0.926 bits per heavy atom. The largest absolute Gasteiger partial charge is 0.370 e. The van der Waals surface area contributed by atoms with Crippen molar-refractivity contribution in [1.29, 1.82) is 0 Å². The molecule has 0 atom stereocenters. The summed E-state index contributed by atoms with van der Waals surface area (Å²) in [5.41, 5.74) is 3.69. The van der Waals surface area contributed by atoms with Crippen LogP contribution in [-0.4, -0.2) is 49.2 Å². The Bertz CT molecular complexity index is 870. The first kappa shape index (κ1) is 17.8. The highest BCUT2D eigenvalue weighted by Gasteiger charge is 2.16. The van der Waals surface area contributed by atoms with E-state index in [9.17, 15) is 0 Å². The van der Waals surface area contributed by atoms with Gasteiger partial charge in [-0.15, -0.1) is 0 Å². The molecule has 27 heavy (non-hydrogen) atoms. The van der Waals surface area contributed by atoms with Gasteiger partial charge in [-0.05, 0) is 49.7 Å². The quantitative estimate of drug-likeness (QED) is 0.669. The molecule has 1 aliphatic rings. The first-order valence-electron chi connectivity index (χ1n) is 9.92. The Morgan fingerprint density at radius 3 is 2.48 bits per heavy atom. The number of hydrogen-bond acceptors (Lipinski definition) is 4. The number of hydrogen-bond donors (Lipinski definition) is 1. The summed E-state index contributed by atoms with van der Waals surface area (Å²) in [6, 6.07) is 21.2. The number of aryl methyl sites for hydroxylation is 1. The van der Waals surface area contributed by atoms with E-state index < -0.39 is 0 Å². The number of fused-ring (bicyclic) bond motifs is 1. The minimum absolute atomic E-state index is 0.962. The van der Waals surface area contributed by atoms with Crippen molar-refractivity contribution >= 4 is 22.4 Å². The van der Waals surface area contributed by atoms with Gasteiger partial charge in [-0.2, -0.15) is 0 Å². The molecule has 0 unspecified atom stereocenters. The molecule has 3 aromatic rings. The van der Waals surface area contributed by atoms with Crippen molar-refractivity contribution in [2.24, 2.45) is 0 Å². The summed E-state index contributed by atoms with van der Waals surface area (Å²) in [7, 11) is 0. The van der Waals surface area contributed by atoms with Crippen LogP contribution >= 0.6 is 0 Å². The van der Waals surface area contributed by atoms with Crippen LogP contribution in [-0.2, 0) is 0 Å². The van der Waals surface area contributed by atoms with E-state index in [0.29, 0.717) is 0 Å². The number of para-hydroxylation sites is 2. The van der Waals surface area contributed by atoms with Gasteiger partial charge in [0.15, 0.2) is 0 Å². The minimum atomic E-state index is 0.962. The molecule has 1 fully saturated rings. The van der Waals surface area contributed by atoms with E-state index >= 15 is 0 Å². The molecule has 0 saturated carbocycles. The van der Waals surface area contributed by atoms with Gasteiger partial charge in [-0.1, -0.05) is 36.4 Å². The third kappa shape index (κ3) is 4.40. The summed E-state index contributed by atoms with van der Waals surface area (Å²) in [6.07, 6.45) is 1.14. The molecule has 0 radical (unpaired) electrons. The predicted molar refractivity (Wildman–Crippen MR) is 115 cm³/mol. The normalized spacial score (nSPS) is 15.2. The maximum Gasteiger partial charge on any atom is 0.126 e. The Labute approximate surface area is 161 Å². The molecule has 140 valence electrons. The van der Waals surface area contributed by atoms with Crippen molar-refractivity contribution < 1.29 is 0 Å². The van der Waals surface area contributed by atoms with E-state index in [1.807, 2.05) is 6.07 Å². The second kappa shape index (κ2) is 8.40. The number of aromatic nitrogens is 1. The molecule has 0 spiro atoms. The molecule has 1 saturated heterocycles. The number of piperazine rings is 1. The zero-order chi connectivity index (χ0) is 18.5. The highest BCUT2D eigenvalue weighted by molar-refractivity contribution is 5.83. The number of nitrogens with zero attached hydrogens (tertiary/aromatic N) is 3. The van der Waals surface area contributed by atoms with Gasteiger partial charge in [0, 0.05) is 43.8 Å². The molecule has 4 heteroatoms. The van der Waals surface area contributed by atoms with Gasteiger partial charge < -0.3 is 10.2 Å². The van der Waals surface area contributed by atoms with Crippen LogP contribution in [0.3, 0.4) is 0 Å². The molecule has 2 aromatic carbocycles. The van der Waals surface area contributed by atoms with Crippen molar-refractivity contribution in [3.8, 4) is 0 Å². The molecular weight excluding hydrogens is 332 g/mol. The predicted octanol–water partition coefficient (Wildman–Crippen LogP) is 4.17. The average Bonchev–Trinajstić information content (AvgIpc) is 2.72. The lowest BCUT2D eigenvalue weighted by molar-refractivity contribution is 0.257. The lowest BCUT2D eigenvalue weighted by Gasteiger charge is -2.36. The van der Waals surface area contributed by atoms with Crippen LogP contribution in [0.4, 0.5) is 11.5 Å². The van der Waals surface area contributed by atoms with Crippen LogP contribution in [0.1, 0.15) is 12.0 Å². The Morgan fingerprint density at radius 2 is 1.67 bits per heavy atom. The SMILES string of the molecule is Cc1cc(NCCCN2CCN(c3ccccc3)CC2)nc2ccccc12. The van der Waals surface area contributed by atoms with Crippen LogP contribution in [0.25, 0.3) is 10.9 Å². The summed E-state index contributed by atoms with van der Waals surface area (Å²) in [6.45, 7) is 8.77. The average molecular weight is 361 g/mol. The van der Waals surface area contributed by atoms with Gasteiger partial charge >= 0.3 is 0 Å². The minimum Gasteiger partial charge on any atom is -0.370 e. The molecule has 1 aromatic heterocycles. The number of rotatable bonds is 6. The Hall–Kier alpha value is -2.59. The van der Waals surface area contributed by atoms with Crippen LogP contribution in [0.15, 0.2) is 60.7 Å². The van der Waals surface area contributed by atoms with Crippen molar-refractivity contribution in [2.45, 2.75) is 13.3 Å². The third-order valence-corrected chi connectivity index (χ3v) is 5.37. The smallest absolute Gasteiger partial charge is 0.126 e. The summed E-state index contributed by atoms with van der Waals surface area (Å²) in [5.74, 6) is 0.986. The van der Waals surface area contributed by atoms with Gasteiger partial charge in [-0.25, -0.2) is 4.98 Å². The van der Waals surface area contributed by atoms with E-state index in [1.165, 1.54) is 16.6 Å². The molecule has 2 heterocycles. The van der Waals surface area contributed by atoms with E-state index in [2.05, 4.69) is 76.6 Å². The highest BCUT2D eigenvalue weighted by Crippen LogP contribution is 2.20. The van der Waals surface area contributed by atoms with E-state index in [4.69, 9.17) is 4.98 Å². The standard InChI is InChI=1S/C23H28N4/c1-19-18-23(25-22-11-6-5-10-21(19)22)24-12-7-13-26-14-16-27(17-15-26)20-8-3-2-4-9-20/h2-6,8-11,18H,7,12-17H2,1H3,(H,24,25). The molecule has 0 aliphatic carbocycles. The van der Waals surface area contributed by atoms with Crippen molar-refractivity contribution in [3.63, 3.8) is 0 Å². The van der Waals surface area contributed by atoms with Crippen LogP contribution in [0.5, 0.6) is 0 Å². The topological polar surface area (TPSA) is 31.4 Å². The molecule has 1 aliphatic heterocycles. The van der Waals surface area contributed by atoms with Crippen LogP contribution in [0, 0.1) is 6.92 Å². The van der Waals surface area contributed by atoms with Gasteiger partial charge in [0.25, 0.3) is 0 Å². The maximum absolute atomic E-state index is 4.73. The molecule has 4 nitrogen and oxygen atoms in total. The van der Waals surface area contributed by atoms with Crippen LogP contribution in [0.2, 0.25) is 0 Å². The first-order chi connectivity index (χ1) is 13.3. The monoisotopic (exact) mass is 360 g/mol. The fourth-order valence-corrected chi connectivity index (χ4v) is 3.83. The van der Waals surface area contributed by atoms with Crippen molar-refractivity contribution in [1.82, 2.24) is 9.88 Å². The molecule has 1 N–H and O–H groups in total. The summed E-state index contributed by atoms with van der Waals surface area (Å²) >= 11 is 0. The summed E-state index contributed by atoms with van der Waals surface area (Å²) < 4.78 is 0. The Balaban J connectivity index is 1.22. The number of pyridine rings is 1. The zero-order valence-corrected chi connectivity index (χ0v) is 16.1. The number of anilines is 2. The van der Waals surface area contributed by atoms with E-state index in [-0.39, 0.29) is 0 Å². The lowest BCUT2D eigenvalue weighted by atomic mass is 10.1. The van der Waals surface area contributed by atoms with Crippen molar-refractivity contribution in [2.75, 3.05) is 49.5 Å². The number of benzene rings is 2. The maximum atomic E-state index is 4.73. The third-order valence-electron chi connectivity index (χ3n) is 5.37. The van der Waals surface area contributed by atoms with Gasteiger partial charge in [0.2, 0.25) is 0 Å². The second-order valence-corrected chi connectivity index (χ2v) is 7.29. The van der Waals surface area contributed by atoms with Gasteiger partial charge in [0.1, 0.15) is 5.82 Å². The lowest BCUT2D eigenvalue weighted by Crippen LogP contribution is -2.46. The molecule has 4 rings (SSSR count). The number of nitrogens with one attached hydrogen (secondary N) is 1. The van der Waals surface area contributed by atoms with Crippen molar-refractivity contribution in [3.05, 3.63) is 66.2 Å². The second-order valence-electron chi connectivity index (χ2n) is 7.29. The van der Waals surface area contributed by atoms with Crippen LogP contribution < -0.4 is 10.2 Å². The summed E-state index contributed by atoms with van der Waals surface area (Å²) in [5, 5.41) is 4.74. The zero-order valence-electron chi connectivity index (χ0n) is 16.1. The van der Waals surface area contributed by atoms with E-state index in [1.54, 1.807) is 0 Å². The summed E-state index contributed by atoms with van der Waals surface area (Å²) in [4.78, 5) is 9.78. The highest BCUT2D eigenvalue weighted by atomic mass is 15.3. The molecule has 0 amide bonds. The first-order valence-corrected chi connectivity index (χ1v) is 9.92. The fourth-order valence-electron chi connectivity index (χ4n) is 3.83. The fraction of sp³-hybridized carbons (Fsp3) is 0.348. The molecule has 0 bridgehead atoms. The van der Waals surface area contributed by atoms with Gasteiger partial charge in [-0.3, -0.25) is 4.90 Å². The molecular formula is C23H28N4. The van der Waals surface area contributed by atoms with Gasteiger partial charge in [0.05, 0.1) is 5.52 Å².